The number of nitro benzene ring substituents is 1. The second-order valence-corrected chi connectivity index (χ2v) is 21.4. The Morgan fingerprint density at radius 3 is 2.31 bits per heavy atom. The highest BCUT2D eigenvalue weighted by Crippen LogP contribution is 2.60. The van der Waals surface area contributed by atoms with Crippen LogP contribution in [0.2, 0.25) is 18.6 Å². The number of nitro groups is 1. The molecule has 0 aromatic heterocycles. The monoisotopic (exact) mass is 838 g/mol. The predicted molar refractivity (Wildman–Crippen MR) is 236 cm³/mol. The van der Waals surface area contributed by atoms with Gasteiger partial charge in [-0.1, -0.05) is 98.0 Å². The van der Waals surface area contributed by atoms with Crippen molar-refractivity contribution >= 4 is 53.7 Å². The van der Waals surface area contributed by atoms with E-state index in [2.05, 4.69) is 13.1 Å². The summed E-state index contributed by atoms with van der Waals surface area (Å²) in [5, 5.41) is 23.5. The minimum atomic E-state index is -2.67. The van der Waals surface area contributed by atoms with E-state index in [0.717, 1.165) is 33.3 Å². The predicted octanol–water partition coefficient (Wildman–Crippen LogP) is 7.39. The first-order valence-electron chi connectivity index (χ1n) is 20.7. The van der Waals surface area contributed by atoms with Crippen LogP contribution in [0.15, 0.2) is 121 Å². The minimum Gasteiger partial charge on any atom is -0.497 e. The molecule has 5 aromatic rings. The van der Waals surface area contributed by atoms with E-state index in [1.165, 1.54) is 12.1 Å². The lowest BCUT2D eigenvalue weighted by molar-refractivity contribution is -0.385. The molecule has 12 nitrogen and oxygen atoms in total. The van der Waals surface area contributed by atoms with Gasteiger partial charge in [0.25, 0.3) is 11.6 Å². The number of aliphatic hydroxyl groups is 1. The van der Waals surface area contributed by atoms with Gasteiger partial charge in [0, 0.05) is 48.8 Å². The topological polar surface area (TPSA) is 143 Å². The maximum Gasteiger partial charge on any atom is 0.269 e. The SMILES string of the molecule is COc1ccc([Si](C)(C)[C@@H]2[C@@H](CC(=O)N(CCO)Cc3ccccc3)O[C@]3(C(=O)N(Cc4ccc(N5C(=O)CCc6ccccc65)cc4)c4ccc([N+](=O)[O-])cc43)[C@H]2C)cc1. The number of benzene rings is 5. The van der Waals surface area contributed by atoms with E-state index in [-0.39, 0.29) is 61.6 Å². The lowest BCUT2D eigenvalue weighted by atomic mass is 9.82. The van der Waals surface area contributed by atoms with Gasteiger partial charge in [-0.15, -0.1) is 0 Å². The molecule has 1 N–H and O–H groups in total. The fourth-order valence-corrected chi connectivity index (χ4v) is 13.9. The Morgan fingerprint density at radius 1 is 0.918 bits per heavy atom. The van der Waals surface area contributed by atoms with E-state index < -0.39 is 30.6 Å². The average Bonchev–Trinajstić information content (AvgIpc) is 3.69. The molecule has 0 radical (unpaired) electrons. The van der Waals surface area contributed by atoms with Crippen LogP contribution in [-0.4, -0.2) is 67.1 Å². The number of rotatable bonds is 13. The molecule has 0 unspecified atom stereocenters. The Hall–Kier alpha value is -6.15. The fourth-order valence-electron chi connectivity index (χ4n) is 9.93. The first kappa shape index (κ1) is 41.6. The number of aliphatic hydroxyl groups excluding tert-OH is 1. The maximum absolute atomic E-state index is 15.4. The van der Waals surface area contributed by atoms with Gasteiger partial charge in [-0.3, -0.25) is 29.4 Å². The smallest absolute Gasteiger partial charge is 0.269 e. The first-order chi connectivity index (χ1) is 29.4. The Labute approximate surface area is 356 Å². The van der Waals surface area contributed by atoms with Crippen LogP contribution in [-0.2, 0) is 44.2 Å². The zero-order valence-corrected chi connectivity index (χ0v) is 35.8. The summed E-state index contributed by atoms with van der Waals surface area (Å²) in [7, 11) is -1.06. The number of hydrogen-bond acceptors (Lipinski definition) is 8. The van der Waals surface area contributed by atoms with E-state index >= 15 is 4.79 Å². The minimum absolute atomic E-state index is 0.00857. The largest absolute Gasteiger partial charge is 0.497 e. The molecule has 0 saturated carbocycles. The van der Waals surface area contributed by atoms with Crippen LogP contribution in [0, 0.1) is 16.0 Å². The molecular formula is C48H50N4O8Si. The molecule has 0 bridgehead atoms. The normalized spacial score (nSPS) is 20.8. The number of methoxy groups -OCH3 is 1. The molecule has 13 heteroatoms. The number of non-ortho nitro benzene ring substituents is 1. The first-order valence-corrected chi connectivity index (χ1v) is 23.8. The number of aryl methyl sites for hydroxylation is 1. The average molecular weight is 839 g/mol. The van der Waals surface area contributed by atoms with E-state index in [1.807, 2.05) is 110 Å². The number of carbonyl (C=O) groups is 3. The number of ether oxygens (including phenoxy) is 2. The Morgan fingerprint density at radius 2 is 1.62 bits per heavy atom. The van der Waals surface area contributed by atoms with Gasteiger partial charge in [0.05, 0.1) is 57.2 Å². The van der Waals surface area contributed by atoms with Crippen LogP contribution in [0.25, 0.3) is 0 Å². The van der Waals surface area contributed by atoms with E-state index in [9.17, 15) is 24.8 Å². The zero-order chi connectivity index (χ0) is 43.1. The molecule has 4 atom stereocenters. The van der Waals surface area contributed by atoms with E-state index in [4.69, 9.17) is 9.47 Å². The molecular weight excluding hydrogens is 789 g/mol. The Bertz CT molecular complexity index is 2460. The highest BCUT2D eigenvalue weighted by Gasteiger charge is 2.67. The Kier molecular flexibility index (Phi) is 11.4. The highest BCUT2D eigenvalue weighted by atomic mass is 28.3. The zero-order valence-electron chi connectivity index (χ0n) is 34.8. The molecule has 3 amide bonds. The summed E-state index contributed by atoms with van der Waals surface area (Å²) < 4.78 is 12.6. The quantitative estimate of drug-likeness (QED) is 0.0736. The van der Waals surface area contributed by atoms with Crippen molar-refractivity contribution in [3.8, 4) is 5.75 Å². The van der Waals surface area contributed by atoms with Gasteiger partial charge in [-0.2, -0.15) is 0 Å². The molecule has 5 aromatic carbocycles. The lowest BCUT2D eigenvalue weighted by Gasteiger charge is -2.37. The summed E-state index contributed by atoms with van der Waals surface area (Å²) >= 11 is 0. The third kappa shape index (κ3) is 7.51. The molecule has 314 valence electrons. The molecule has 3 heterocycles. The van der Waals surface area contributed by atoms with Crippen LogP contribution in [0.4, 0.5) is 22.7 Å². The number of fused-ring (bicyclic) bond motifs is 3. The van der Waals surface area contributed by atoms with Crippen molar-refractivity contribution in [1.29, 1.82) is 0 Å². The maximum atomic E-state index is 15.4. The number of anilines is 3. The summed E-state index contributed by atoms with van der Waals surface area (Å²) in [6.45, 7) is 6.72. The van der Waals surface area contributed by atoms with E-state index in [0.29, 0.717) is 29.8 Å². The second-order valence-electron chi connectivity index (χ2n) is 16.8. The van der Waals surface area contributed by atoms with Gasteiger partial charge in [0.1, 0.15) is 5.75 Å². The third-order valence-corrected chi connectivity index (χ3v) is 17.3. The van der Waals surface area contributed by atoms with Crippen molar-refractivity contribution in [2.45, 2.75) is 69.6 Å². The summed E-state index contributed by atoms with van der Waals surface area (Å²) in [6, 6.07) is 37.4. The Balaban J connectivity index is 1.17. The van der Waals surface area contributed by atoms with Crippen LogP contribution in [0.1, 0.15) is 42.0 Å². The van der Waals surface area contributed by atoms with Crippen molar-refractivity contribution < 1.29 is 33.9 Å². The van der Waals surface area contributed by atoms with Crippen LogP contribution in [0.3, 0.4) is 0 Å². The van der Waals surface area contributed by atoms with E-state index in [1.54, 1.807) is 27.9 Å². The number of nitrogens with zero attached hydrogens (tertiary/aromatic N) is 4. The molecule has 1 saturated heterocycles. The van der Waals surface area contributed by atoms with Gasteiger partial charge in [0.15, 0.2) is 5.60 Å². The van der Waals surface area contributed by atoms with Gasteiger partial charge in [-0.25, -0.2) is 0 Å². The van der Waals surface area contributed by atoms with Crippen LogP contribution in [0.5, 0.6) is 5.75 Å². The van der Waals surface area contributed by atoms with Crippen LogP contribution < -0.4 is 19.7 Å². The molecule has 0 aliphatic carbocycles. The van der Waals surface area contributed by atoms with Crippen molar-refractivity contribution in [3.05, 3.63) is 154 Å². The summed E-state index contributed by atoms with van der Waals surface area (Å²) in [4.78, 5) is 59.9. The second kappa shape index (κ2) is 16.7. The van der Waals surface area contributed by atoms with Crippen molar-refractivity contribution in [1.82, 2.24) is 4.90 Å². The third-order valence-electron chi connectivity index (χ3n) is 13.0. The molecule has 61 heavy (non-hydrogen) atoms. The standard InChI is InChI=1S/C48H50N4O8Si/c1-32-46(61(3,4)39-22-20-38(59-2)21-23-39)43(29-45(55)49(26-27-53)30-33-10-6-5-7-11-33)60-48(32)40-28-37(52(57)58)19-24-42(40)50(47(48)56)31-34-14-17-36(18-15-34)51-41-13-9-8-12-35(41)16-25-44(51)54/h5-15,17-24,28,32,43,46,53H,16,25-27,29-31H2,1-4H3/t32-,43+,46-,48+/m0/s1. The summed E-state index contributed by atoms with van der Waals surface area (Å²) in [6.07, 6.45) is 0.282. The van der Waals surface area contributed by atoms with Gasteiger partial charge in [-0.05, 0) is 65.1 Å². The molecule has 3 aliphatic heterocycles. The van der Waals surface area contributed by atoms with Crippen molar-refractivity contribution in [2.75, 3.05) is 30.1 Å². The number of amides is 3. The summed E-state index contributed by atoms with van der Waals surface area (Å²) in [5.41, 5.74) is 3.18. The van der Waals surface area contributed by atoms with Crippen molar-refractivity contribution in [3.63, 3.8) is 0 Å². The lowest BCUT2D eigenvalue weighted by Crippen LogP contribution is -2.52. The number of para-hydroxylation sites is 1. The molecule has 1 spiro atoms. The van der Waals surface area contributed by atoms with Crippen LogP contribution >= 0.6 is 0 Å². The number of carbonyl (C=O) groups excluding carboxylic acids is 3. The highest BCUT2D eigenvalue weighted by molar-refractivity contribution is 6.91. The van der Waals surface area contributed by atoms with Gasteiger partial charge in [0.2, 0.25) is 11.8 Å². The van der Waals surface area contributed by atoms with Gasteiger partial charge >= 0.3 is 0 Å². The number of hydrogen-bond donors (Lipinski definition) is 1. The molecule has 8 rings (SSSR count). The summed E-state index contributed by atoms with van der Waals surface area (Å²) in [5.74, 6) is -0.380. The van der Waals surface area contributed by atoms with Crippen molar-refractivity contribution in [2.24, 2.45) is 5.92 Å². The molecule has 3 aliphatic rings. The molecule has 1 fully saturated rings. The fraction of sp³-hybridized carbons (Fsp3) is 0.312. The van der Waals surface area contributed by atoms with Gasteiger partial charge < -0.3 is 24.4 Å².